The summed E-state index contributed by atoms with van der Waals surface area (Å²) >= 11 is 0. The molecule has 78 valence electrons. The van der Waals surface area contributed by atoms with Gasteiger partial charge in [0.25, 0.3) is 0 Å². The smallest absolute Gasteiger partial charge is 0.171 e. The molecule has 0 amide bonds. The van der Waals surface area contributed by atoms with Crippen molar-refractivity contribution in [3.63, 3.8) is 0 Å². The molecule has 0 aliphatic carbocycles. The van der Waals surface area contributed by atoms with E-state index in [1.165, 1.54) is 0 Å². The average molecular weight is 194 g/mol. The summed E-state index contributed by atoms with van der Waals surface area (Å²) in [4.78, 5) is 0. The minimum atomic E-state index is -4.01. The highest BCUT2D eigenvalue weighted by Crippen LogP contribution is 2.21. The summed E-state index contributed by atoms with van der Waals surface area (Å²) in [6.07, 6.45) is 3.19. The first kappa shape index (κ1) is 12.5. The number of hydrogen-bond donors (Lipinski definition) is 0. The molecule has 0 saturated heterocycles. The lowest BCUT2D eigenvalue weighted by Crippen LogP contribution is -2.05. The molecule has 0 unspecified atom stereocenters. The Kier molecular flexibility index (Phi) is 6.73. The van der Waals surface area contributed by atoms with Gasteiger partial charge in [0.1, 0.15) is 0 Å². The van der Waals surface area contributed by atoms with Gasteiger partial charge < -0.3 is 0 Å². The topological polar surface area (TPSA) is 0 Å². The van der Waals surface area contributed by atoms with Crippen LogP contribution in [0.2, 0.25) is 0 Å². The van der Waals surface area contributed by atoms with E-state index in [9.17, 15) is 13.2 Å². The van der Waals surface area contributed by atoms with Crippen LogP contribution in [0.1, 0.15) is 45.4 Å². The highest BCUT2D eigenvalue weighted by atomic mass is 19.4. The lowest BCUT2D eigenvalue weighted by Gasteiger charge is -2.01. The van der Waals surface area contributed by atoms with Crippen LogP contribution in [0.15, 0.2) is 12.2 Å². The number of alkyl halides is 3. The third-order valence-corrected chi connectivity index (χ3v) is 1.74. The molecule has 0 radical (unpaired) electrons. The van der Waals surface area contributed by atoms with Crippen LogP contribution in [-0.4, -0.2) is 6.18 Å². The van der Waals surface area contributed by atoms with E-state index in [1.807, 2.05) is 6.08 Å². The average Bonchev–Trinajstić information content (AvgIpc) is 2.01. The van der Waals surface area contributed by atoms with Gasteiger partial charge in [0.05, 0.1) is 0 Å². The van der Waals surface area contributed by atoms with Crippen molar-refractivity contribution < 1.29 is 13.2 Å². The van der Waals surface area contributed by atoms with E-state index in [0.29, 0.717) is 0 Å². The molecule has 0 saturated carbocycles. The maximum Gasteiger partial charge on any atom is 0.389 e. The van der Waals surface area contributed by atoms with Crippen LogP contribution in [0.3, 0.4) is 0 Å². The molecule has 3 heteroatoms. The van der Waals surface area contributed by atoms with Gasteiger partial charge in [0.2, 0.25) is 0 Å². The standard InChI is InChI=1S/C10H17F3/c1-2-3-4-5-6-7-8-9-10(11,12)13/h6-7H,2-5,8-9H2,1H3. The predicted octanol–water partition coefficient (Wildman–Crippen LogP) is 4.47. The fourth-order valence-corrected chi connectivity index (χ4v) is 0.995. The quantitative estimate of drug-likeness (QED) is 0.432. The third kappa shape index (κ3) is 11.5. The monoisotopic (exact) mass is 194 g/mol. The van der Waals surface area contributed by atoms with Gasteiger partial charge in [-0.25, -0.2) is 0 Å². The van der Waals surface area contributed by atoms with Gasteiger partial charge in [0.15, 0.2) is 0 Å². The Hall–Kier alpha value is -0.470. The number of rotatable bonds is 6. The summed E-state index contributed by atoms with van der Waals surface area (Å²) in [7, 11) is 0. The molecule has 0 nitrogen and oxygen atoms in total. The molecule has 0 atom stereocenters. The zero-order valence-corrected chi connectivity index (χ0v) is 8.03. The van der Waals surface area contributed by atoms with Gasteiger partial charge in [-0.15, -0.1) is 0 Å². The summed E-state index contributed by atoms with van der Waals surface area (Å²) in [5.41, 5.74) is 0. The molecule has 0 fully saturated rings. The second-order valence-electron chi connectivity index (χ2n) is 3.12. The second-order valence-corrected chi connectivity index (χ2v) is 3.12. The second kappa shape index (κ2) is 6.98. The maximum atomic E-state index is 11.7. The van der Waals surface area contributed by atoms with Gasteiger partial charge in [-0.3, -0.25) is 0 Å². The summed E-state index contributed by atoms with van der Waals surface area (Å²) in [5, 5.41) is 0. The van der Waals surface area contributed by atoms with Crippen molar-refractivity contribution >= 4 is 0 Å². The molecule has 0 spiro atoms. The highest BCUT2D eigenvalue weighted by Gasteiger charge is 2.25. The molecule has 0 aliphatic rings. The Morgan fingerprint density at radius 2 is 1.62 bits per heavy atom. The van der Waals surface area contributed by atoms with Gasteiger partial charge >= 0.3 is 6.18 Å². The lowest BCUT2D eigenvalue weighted by atomic mass is 10.2. The number of allylic oxidation sites excluding steroid dienone is 2. The molecule has 0 aromatic carbocycles. The minimum absolute atomic E-state index is 0.121. The fourth-order valence-electron chi connectivity index (χ4n) is 0.995. The van der Waals surface area contributed by atoms with Crippen molar-refractivity contribution in [2.75, 3.05) is 0 Å². The first-order valence-corrected chi connectivity index (χ1v) is 4.78. The van der Waals surface area contributed by atoms with Crippen LogP contribution in [0.5, 0.6) is 0 Å². The van der Waals surface area contributed by atoms with Crippen LogP contribution in [-0.2, 0) is 0 Å². The molecule has 0 aromatic heterocycles. The van der Waals surface area contributed by atoms with E-state index < -0.39 is 12.6 Å². The zero-order valence-electron chi connectivity index (χ0n) is 8.03. The Balaban J connectivity index is 3.22. The van der Waals surface area contributed by atoms with Crippen molar-refractivity contribution in [3.8, 4) is 0 Å². The summed E-state index contributed by atoms with van der Waals surface area (Å²) in [6.45, 7) is 2.10. The van der Waals surface area contributed by atoms with Crippen LogP contribution >= 0.6 is 0 Å². The molecule has 13 heavy (non-hydrogen) atoms. The highest BCUT2D eigenvalue weighted by molar-refractivity contribution is 4.82. The summed E-state index contributed by atoms with van der Waals surface area (Å²) in [6, 6.07) is 0. The fraction of sp³-hybridized carbons (Fsp3) is 0.800. The zero-order chi connectivity index (χ0) is 10.2. The molecular weight excluding hydrogens is 177 g/mol. The van der Waals surface area contributed by atoms with E-state index in [1.54, 1.807) is 6.08 Å². The number of hydrogen-bond acceptors (Lipinski definition) is 0. The Bertz CT molecular complexity index is 136. The van der Waals surface area contributed by atoms with Gasteiger partial charge in [0, 0.05) is 6.42 Å². The SMILES string of the molecule is CCCCCC=CCCC(F)(F)F. The molecule has 0 N–H and O–H groups in total. The predicted molar refractivity (Wildman–Crippen MR) is 48.6 cm³/mol. The van der Waals surface area contributed by atoms with E-state index in [2.05, 4.69) is 6.92 Å². The molecule has 0 aliphatic heterocycles. The Labute approximate surface area is 77.8 Å². The minimum Gasteiger partial charge on any atom is -0.171 e. The van der Waals surface area contributed by atoms with Crippen molar-refractivity contribution in [2.45, 2.75) is 51.6 Å². The van der Waals surface area contributed by atoms with Gasteiger partial charge in [-0.1, -0.05) is 31.9 Å². The van der Waals surface area contributed by atoms with Crippen molar-refractivity contribution in [1.82, 2.24) is 0 Å². The first-order valence-electron chi connectivity index (χ1n) is 4.78. The van der Waals surface area contributed by atoms with Crippen molar-refractivity contribution in [3.05, 3.63) is 12.2 Å². The number of unbranched alkanes of at least 4 members (excludes halogenated alkanes) is 3. The van der Waals surface area contributed by atoms with Crippen LogP contribution < -0.4 is 0 Å². The van der Waals surface area contributed by atoms with E-state index in [0.717, 1.165) is 25.7 Å². The third-order valence-electron chi connectivity index (χ3n) is 1.74. The van der Waals surface area contributed by atoms with Crippen LogP contribution in [0.25, 0.3) is 0 Å². The lowest BCUT2D eigenvalue weighted by molar-refractivity contribution is -0.133. The van der Waals surface area contributed by atoms with E-state index in [4.69, 9.17) is 0 Å². The molecule has 0 heterocycles. The molecular formula is C10H17F3. The van der Waals surface area contributed by atoms with Crippen LogP contribution in [0.4, 0.5) is 13.2 Å². The van der Waals surface area contributed by atoms with Crippen LogP contribution in [0, 0.1) is 0 Å². The molecule has 0 bridgehead atoms. The van der Waals surface area contributed by atoms with E-state index in [-0.39, 0.29) is 6.42 Å². The summed E-state index contributed by atoms with van der Waals surface area (Å²) in [5.74, 6) is 0. The van der Waals surface area contributed by atoms with Gasteiger partial charge in [-0.2, -0.15) is 13.2 Å². The normalized spacial score (nSPS) is 12.6. The molecule has 0 rings (SSSR count). The van der Waals surface area contributed by atoms with Gasteiger partial charge in [-0.05, 0) is 19.3 Å². The van der Waals surface area contributed by atoms with Crippen molar-refractivity contribution in [2.24, 2.45) is 0 Å². The van der Waals surface area contributed by atoms with Crippen molar-refractivity contribution in [1.29, 1.82) is 0 Å². The largest absolute Gasteiger partial charge is 0.389 e. The first-order chi connectivity index (χ1) is 6.06. The summed E-state index contributed by atoms with van der Waals surface area (Å²) < 4.78 is 35.0. The Morgan fingerprint density at radius 3 is 2.15 bits per heavy atom. The van der Waals surface area contributed by atoms with E-state index >= 15 is 0 Å². The Morgan fingerprint density at radius 1 is 1.00 bits per heavy atom. The number of halogens is 3. The molecule has 0 aromatic rings. The maximum absolute atomic E-state index is 11.7.